The van der Waals surface area contributed by atoms with Gasteiger partial charge in [-0.05, 0) is 50.0 Å². The molecule has 21 heavy (non-hydrogen) atoms. The van der Waals surface area contributed by atoms with Crippen LogP contribution in [0.2, 0.25) is 0 Å². The molecule has 0 spiro atoms. The Morgan fingerprint density at radius 2 is 2.00 bits per heavy atom. The van der Waals surface area contributed by atoms with E-state index >= 15 is 0 Å². The molecule has 0 bridgehead atoms. The number of carbonyl (C=O) groups is 2. The van der Waals surface area contributed by atoms with Gasteiger partial charge in [-0.3, -0.25) is 9.59 Å². The van der Waals surface area contributed by atoms with Gasteiger partial charge in [-0.2, -0.15) is 0 Å². The van der Waals surface area contributed by atoms with E-state index in [0.29, 0.717) is 12.8 Å². The number of hydrogen-bond acceptors (Lipinski definition) is 2. The van der Waals surface area contributed by atoms with Crippen molar-refractivity contribution in [2.24, 2.45) is 17.1 Å². The third-order valence-electron chi connectivity index (χ3n) is 4.83. The SMILES string of the molecule is CC1=C(/C=C/C(=O)NC2CC(C(N)=O)C2)C(C)(C)CCC1. The summed E-state index contributed by atoms with van der Waals surface area (Å²) in [7, 11) is 0. The van der Waals surface area contributed by atoms with Crippen LogP contribution in [0, 0.1) is 11.3 Å². The van der Waals surface area contributed by atoms with Gasteiger partial charge in [-0.1, -0.05) is 25.5 Å². The van der Waals surface area contributed by atoms with Gasteiger partial charge >= 0.3 is 0 Å². The van der Waals surface area contributed by atoms with Crippen LogP contribution in [0.15, 0.2) is 23.3 Å². The first-order valence-electron chi connectivity index (χ1n) is 7.78. The number of carbonyl (C=O) groups excluding carboxylic acids is 2. The minimum absolute atomic E-state index is 0.0680. The van der Waals surface area contributed by atoms with Gasteiger partial charge in [0.1, 0.15) is 0 Å². The Hall–Kier alpha value is -1.58. The van der Waals surface area contributed by atoms with Crippen molar-refractivity contribution >= 4 is 11.8 Å². The van der Waals surface area contributed by atoms with Gasteiger partial charge in [-0.15, -0.1) is 0 Å². The second kappa shape index (κ2) is 6.04. The minimum Gasteiger partial charge on any atom is -0.369 e. The molecule has 0 heterocycles. The third kappa shape index (κ3) is 3.74. The first-order chi connectivity index (χ1) is 9.79. The maximum Gasteiger partial charge on any atom is 0.244 e. The summed E-state index contributed by atoms with van der Waals surface area (Å²) in [5.74, 6) is -0.410. The Morgan fingerprint density at radius 3 is 2.57 bits per heavy atom. The molecule has 0 aromatic heterocycles. The maximum atomic E-state index is 11.9. The van der Waals surface area contributed by atoms with E-state index in [9.17, 15) is 9.59 Å². The van der Waals surface area contributed by atoms with Gasteiger partial charge in [0.2, 0.25) is 11.8 Å². The lowest BCUT2D eigenvalue weighted by Crippen LogP contribution is -2.47. The second-order valence-electron chi connectivity index (χ2n) is 7.04. The smallest absolute Gasteiger partial charge is 0.244 e. The van der Waals surface area contributed by atoms with E-state index in [1.165, 1.54) is 17.6 Å². The zero-order valence-electron chi connectivity index (χ0n) is 13.2. The number of nitrogens with two attached hydrogens (primary N) is 1. The summed E-state index contributed by atoms with van der Waals surface area (Å²) in [5.41, 5.74) is 8.03. The molecule has 3 N–H and O–H groups in total. The molecule has 0 saturated heterocycles. The number of hydrogen-bond donors (Lipinski definition) is 2. The van der Waals surface area contributed by atoms with Crippen molar-refractivity contribution in [3.63, 3.8) is 0 Å². The first kappa shape index (κ1) is 15.8. The molecule has 0 aromatic rings. The lowest BCUT2D eigenvalue weighted by Gasteiger charge is -2.34. The topological polar surface area (TPSA) is 72.2 Å². The van der Waals surface area contributed by atoms with Crippen molar-refractivity contribution in [2.75, 3.05) is 0 Å². The number of allylic oxidation sites excluding steroid dienone is 3. The van der Waals surface area contributed by atoms with Crippen molar-refractivity contribution in [3.05, 3.63) is 23.3 Å². The summed E-state index contributed by atoms with van der Waals surface area (Å²) >= 11 is 0. The van der Waals surface area contributed by atoms with Crippen molar-refractivity contribution in [2.45, 2.75) is 58.9 Å². The number of nitrogens with one attached hydrogen (secondary N) is 1. The van der Waals surface area contributed by atoms with Gasteiger partial charge in [0.25, 0.3) is 0 Å². The zero-order chi connectivity index (χ0) is 15.6. The highest BCUT2D eigenvalue weighted by molar-refractivity contribution is 5.88. The summed E-state index contributed by atoms with van der Waals surface area (Å²) in [5, 5.41) is 2.93. The highest BCUT2D eigenvalue weighted by Crippen LogP contribution is 2.40. The molecule has 4 heteroatoms. The fraction of sp³-hybridized carbons (Fsp3) is 0.647. The molecule has 116 valence electrons. The average Bonchev–Trinajstić information content (AvgIpc) is 2.31. The summed E-state index contributed by atoms with van der Waals surface area (Å²) in [4.78, 5) is 22.9. The average molecular weight is 290 g/mol. The fourth-order valence-corrected chi connectivity index (χ4v) is 3.39. The molecule has 2 amide bonds. The Kier molecular flexibility index (Phi) is 4.55. The molecule has 0 aliphatic heterocycles. The van der Waals surface area contributed by atoms with Crippen molar-refractivity contribution < 1.29 is 9.59 Å². The van der Waals surface area contributed by atoms with Gasteiger partial charge in [0.15, 0.2) is 0 Å². The van der Waals surface area contributed by atoms with Crippen LogP contribution >= 0.6 is 0 Å². The maximum absolute atomic E-state index is 11.9. The van der Waals surface area contributed by atoms with E-state index in [1.807, 2.05) is 6.08 Å². The Balaban J connectivity index is 1.89. The van der Waals surface area contributed by atoms with Crippen LogP contribution in [0.4, 0.5) is 0 Å². The van der Waals surface area contributed by atoms with Crippen LogP contribution in [-0.2, 0) is 9.59 Å². The minimum atomic E-state index is -0.263. The molecule has 2 rings (SSSR count). The summed E-state index contributed by atoms with van der Waals surface area (Å²) < 4.78 is 0. The predicted octanol–water partition coefficient (Wildman–Crippen LogP) is 2.45. The van der Waals surface area contributed by atoms with Crippen LogP contribution in [0.3, 0.4) is 0 Å². The van der Waals surface area contributed by atoms with Gasteiger partial charge < -0.3 is 11.1 Å². The Morgan fingerprint density at radius 1 is 1.33 bits per heavy atom. The molecule has 1 saturated carbocycles. The standard InChI is InChI=1S/C17H26N2O2/c1-11-5-4-8-17(2,3)14(11)6-7-15(20)19-13-9-12(10-13)16(18)21/h6-7,12-13H,4-5,8-10H2,1-3H3,(H2,18,21)(H,19,20)/b7-6+. The predicted molar refractivity (Wildman–Crippen MR) is 83.3 cm³/mol. The summed E-state index contributed by atoms with van der Waals surface area (Å²) in [6.07, 6.45) is 8.43. The molecular weight excluding hydrogens is 264 g/mol. The molecule has 0 radical (unpaired) electrons. The molecule has 0 atom stereocenters. The largest absolute Gasteiger partial charge is 0.369 e. The lowest BCUT2D eigenvalue weighted by atomic mass is 9.72. The van der Waals surface area contributed by atoms with E-state index in [-0.39, 0.29) is 29.2 Å². The van der Waals surface area contributed by atoms with E-state index < -0.39 is 0 Å². The monoisotopic (exact) mass is 290 g/mol. The molecule has 2 aliphatic carbocycles. The highest BCUT2D eigenvalue weighted by atomic mass is 16.2. The Labute approximate surface area is 126 Å². The summed E-state index contributed by atoms with van der Waals surface area (Å²) in [6, 6.07) is 0.0918. The van der Waals surface area contributed by atoms with Crippen LogP contribution in [0.25, 0.3) is 0 Å². The molecule has 0 unspecified atom stereocenters. The summed E-state index contributed by atoms with van der Waals surface area (Å²) in [6.45, 7) is 6.62. The number of amides is 2. The third-order valence-corrected chi connectivity index (χ3v) is 4.83. The van der Waals surface area contributed by atoms with Gasteiger partial charge in [0.05, 0.1) is 0 Å². The van der Waals surface area contributed by atoms with Gasteiger partial charge in [0, 0.05) is 18.0 Å². The fourth-order valence-electron chi connectivity index (χ4n) is 3.39. The van der Waals surface area contributed by atoms with Crippen molar-refractivity contribution in [3.8, 4) is 0 Å². The van der Waals surface area contributed by atoms with Gasteiger partial charge in [-0.25, -0.2) is 0 Å². The van der Waals surface area contributed by atoms with E-state index in [4.69, 9.17) is 5.73 Å². The van der Waals surface area contributed by atoms with Crippen LogP contribution in [0.5, 0.6) is 0 Å². The van der Waals surface area contributed by atoms with E-state index in [0.717, 1.165) is 12.8 Å². The lowest BCUT2D eigenvalue weighted by molar-refractivity contribution is -0.127. The molecule has 1 fully saturated rings. The Bertz CT molecular complexity index is 497. The molecule has 0 aromatic carbocycles. The number of rotatable bonds is 4. The second-order valence-corrected chi connectivity index (χ2v) is 7.04. The molecular formula is C17H26N2O2. The normalized spacial score (nSPS) is 28.3. The molecule has 2 aliphatic rings. The zero-order valence-corrected chi connectivity index (χ0v) is 13.2. The molecule has 4 nitrogen and oxygen atoms in total. The quantitative estimate of drug-likeness (QED) is 0.781. The van der Waals surface area contributed by atoms with Crippen LogP contribution < -0.4 is 11.1 Å². The van der Waals surface area contributed by atoms with Crippen molar-refractivity contribution in [1.82, 2.24) is 5.32 Å². The van der Waals surface area contributed by atoms with Crippen LogP contribution in [-0.4, -0.2) is 17.9 Å². The van der Waals surface area contributed by atoms with E-state index in [1.54, 1.807) is 6.08 Å². The number of primary amides is 1. The van der Waals surface area contributed by atoms with E-state index in [2.05, 4.69) is 26.1 Å². The van der Waals surface area contributed by atoms with Crippen LogP contribution in [0.1, 0.15) is 52.9 Å². The van der Waals surface area contributed by atoms with Crippen molar-refractivity contribution in [1.29, 1.82) is 0 Å². The first-order valence-corrected chi connectivity index (χ1v) is 7.78. The highest BCUT2D eigenvalue weighted by Gasteiger charge is 2.33.